The molecule has 2 aromatic carbocycles. The number of nitrogens with two attached hydrogens (primary N) is 1. The summed E-state index contributed by atoms with van der Waals surface area (Å²) in [7, 11) is -1.32. The van der Waals surface area contributed by atoms with Crippen molar-refractivity contribution in [3.05, 3.63) is 60.2 Å². The van der Waals surface area contributed by atoms with Gasteiger partial charge in [0.15, 0.2) is 0 Å². The minimum atomic E-state index is -1.32. The molecular formula is C23H36N2O2Si. The van der Waals surface area contributed by atoms with Crippen LogP contribution in [0.4, 0.5) is 5.69 Å². The first-order valence-corrected chi connectivity index (χ1v) is 13.5. The van der Waals surface area contributed by atoms with Crippen molar-refractivity contribution >= 4 is 18.9 Å². The molecule has 0 aliphatic rings. The summed E-state index contributed by atoms with van der Waals surface area (Å²) in [6.07, 6.45) is 3.73. The van der Waals surface area contributed by atoms with Gasteiger partial charge >= 0.3 is 0 Å². The lowest BCUT2D eigenvalue weighted by Gasteiger charge is -2.24. The van der Waals surface area contributed by atoms with Gasteiger partial charge in [0.05, 0.1) is 26.8 Å². The highest BCUT2D eigenvalue weighted by atomic mass is 28.3. The average molecular weight is 401 g/mol. The molecular weight excluding hydrogens is 364 g/mol. The Balaban J connectivity index is 1.69. The van der Waals surface area contributed by atoms with Crippen molar-refractivity contribution in [3.63, 3.8) is 0 Å². The Labute approximate surface area is 170 Å². The third-order valence-electron chi connectivity index (χ3n) is 5.61. The minimum Gasteiger partial charge on any atom is -0.394 e. The van der Waals surface area contributed by atoms with Crippen LogP contribution < -0.4 is 16.2 Å². The maximum Gasteiger partial charge on any atom is 0.0806 e. The van der Waals surface area contributed by atoms with Gasteiger partial charge in [-0.2, -0.15) is 0 Å². The lowest BCUT2D eigenvalue weighted by atomic mass is 9.94. The molecule has 0 atom stereocenters. The molecule has 0 aromatic heterocycles. The molecule has 0 aliphatic heterocycles. The Morgan fingerprint density at radius 1 is 0.929 bits per heavy atom. The van der Waals surface area contributed by atoms with Crippen LogP contribution in [-0.4, -0.2) is 43.6 Å². The molecule has 2 aromatic rings. The van der Waals surface area contributed by atoms with Crippen LogP contribution in [0.2, 0.25) is 19.1 Å². The Morgan fingerprint density at radius 2 is 1.57 bits per heavy atom. The van der Waals surface area contributed by atoms with E-state index in [-0.39, 0.29) is 13.2 Å². The third kappa shape index (κ3) is 7.06. The first kappa shape index (κ1) is 22.6. The van der Waals surface area contributed by atoms with Gasteiger partial charge in [-0.1, -0.05) is 73.2 Å². The maximum atomic E-state index is 9.27. The predicted octanol–water partition coefficient (Wildman–Crippen LogP) is 3.11. The van der Waals surface area contributed by atoms with E-state index in [4.69, 9.17) is 5.73 Å². The van der Waals surface area contributed by atoms with Crippen LogP contribution in [0.15, 0.2) is 54.6 Å². The second-order valence-electron chi connectivity index (χ2n) is 8.51. The van der Waals surface area contributed by atoms with E-state index < -0.39 is 13.6 Å². The van der Waals surface area contributed by atoms with Gasteiger partial charge in [0.2, 0.25) is 0 Å². The highest BCUT2D eigenvalue weighted by Crippen LogP contribution is 2.16. The highest BCUT2D eigenvalue weighted by molar-refractivity contribution is 6.89. The molecule has 5 N–H and O–H groups in total. The number of aliphatic hydroxyl groups is 2. The van der Waals surface area contributed by atoms with E-state index in [0.717, 1.165) is 24.2 Å². The van der Waals surface area contributed by atoms with Gasteiger partial charge in [0, 0.05) is 12.2 Å². The van der Waals surface area contributed by atoms with Crippen molar-refractivity contribution < 1.29 is 10.2 Å². The van der Waals surface area contributed by atoms with Crippen LogP contribution in [0.5, 0.6) is 0 Å². The Hall–Kier alpha value is -1.66. The summed E-state index contributed by atoms with van der Waals surface area (Å²) < 4.78 is 0. The van der Waals surface area contributed by atoms with Crippen LogP contribution in [0, 0.1) is 0 Å². The fourth-order valence-electron chi connectivity index (χ4n) is 3.35. The second-order valence-corrected chi connectivity index (χ2v) is 13.4. The molecule has 0 saturated carbocycles. The van der Waals surface area contributed by atoms with E-state index >= 15 is 0 Å². The molecule has 5 heteroatoms. The number of hydrogen-bond donors (Lipinski definition) is 4. The molecule has 0 heterocycles. The third-order valence-corrected chi connectivity index (χ3v) is 9.11. The number of aliphatic hydroxyl groups excluding tert-OH is 2. The molecule has 0 aliphatic carbocycles. The molecule has 0 amide bonds. The Bertz CT molecular complexity index is 686. The fraction of sp³-hybridized carbons (Fsp3) is 0.478. The minimum absolute atomic E-state index is 0.201. The molecule has 154 valence electrons. The molecule has 0 fully saturated rings. The fourth-order valence-corrected chi connectivity index (χ4v) is 5.87. The summed E-state index contributed by atoms with van der Waals surface area (Å²) in [5.74, 6) is 0. The maximum absolute atomic E-state index is 9.27. The molecule has 0 bridgehead atoms. The molecule has 28 heavy (non-hydrogen) atoms. The zero-order chi connectivity index (χ0) is 20.5. The summed E-state index contributed by atoms with van der Waals surface area (Å²) in [6.45, 7) is 5.50. The molecule has 0 radical (unpaired) electrons. The predicted molar refractivity (Wildman–Crippen MR) is 122 cm³/mol. The number of aryl methyl sites for hydroxylation is 1. The van der Waals surface area contributed by atoms with Gasteiger partial charge in [-0.05, 0) is 37.0 Å². The van der Waals surface area contributed by atoms with Crippen LogP contribution >= 0.6 is 0 Å². The number of anilines is 1. The summed E-state index contributed by atoms with van der Waals surface area (Å²) in [5, 5.41) is 23.6. The van der Waals surface area contributed by atoms with Gasteiger partial charge in [-0.3, -0.25) is 0 Å². The standard InChI is InChI=1S/C23H36N2O2Si/c1-28(2,22-8-4-3-5-9-22)17-7-6-16-25-21-12-10-20(11-13-21)14-15-23(24,18-26)19-27/h3-5,8-13,25-27H,6-7,14-19,24H2,1-2H3. The van der Waals surface area contributed by atoms with Gasteiger partial charge < -0.3 is 21.3 Å². The number of unbranched alkanes of at least 4 members (excludes halogenated alkanes) is 1. The zero-order valence-corrected chi connectivity index (χ0v) is 18.3. The molecule has 0 unspecified atom stereocenters. The first-order chi connectivity index (χ1) is 13.4. The van der Waals surface area contributed by atoms with E-state index in [0.29, 0.717) is 6.42 Å². The van der Waals surface area contributed by atoms with Gasteiger partial charge in [0.25, 0.3) is 0 Å². The quantitative estimate of drug-likeness (QED) is 0.326. The van der Waals surface area contributed by atoms with Crippen molar-refractivity contribution in [2.24, 2.45) is 5.73 Å². The molecule has 2 rings (SSSR count). The lowest BCUT2D eigenvalue weighted by molar-refractivity contribution is 0.115. The second kappa shape index (κ2) is 10.8. The number of benzene rings is 2. The normalized spacial score (nSPS) is 12.2. The molecule has 0 saturated heterocycles. The van der Waals surface area contributed by atoms with Crippen LogP contribution in [-0.2, 0) is 6.42 Å². The van der Waals surface area contributed by atoms with Crippen molar-refractivity contribution in [1.82, 2.24) is 0 Å². The van der Waals surface area contributed by atoms with E-state index in [9.17, 15) is 10.2 Å². The van der Waals surface area contributed by atoms with Crippen LogP contribution in [0.3, 0.4) is 0 Å². The van der Waals surface area contributed by atoms with E-state index in [1.807, 2.05) is 0 Å². The topological polar surface area (TPSA) is 78.5 Å². The van der Waals surface area contributed by atoms with Crippen molar-refractivity contribution in [3.8, 4) is 0 Å². The summed E-state index contributed by atoms with van der Waals surface area (Å²) in [6, 6.07) is 20.6. The van der Waals surface area contributed by atoms with E-state index in [2.05, 4.69) is 73.0 Å². The number of nitrogens with one attached hydrogen (secondary N) is 1. The lowest BCUT2D eigenvalue weighted by Crippen LogP contribution is -2.47. The SMILES string of the molecule is C[Si](C)(CCCCNc1ccc(CCC(N)(CO)CO)cc1)c1ccccc1. The smallest absolute Gasteiger partial charge is 0.0806 e. The zero-order valence-electron chi connectivity index (χ0n) is 17.3. The monoisotopic (exact) mass is 400 g/mol. The first-order valence-electron chi connectivity index (χ1n) is 10.3. The summed E-state index contributed by atoms with van der Waals surface area (Å²) >= 11 is 0. The van der Waals surface area contributed by atoms with Crippen LogP contribution in [0.25, 0.3) is 0 Å². The van der Waals surface area contributed by atoms with Crippen molar-refractivity contribution in [1.29, 1.82) is 0 Å². The number of hydrogen-bond acceptors (Lipinski definition) is 4. The van der Waals surface area contributed by atoms with Crippen molar-refractivity contribution in [2.45, 2.75) is 50.4 Å². The Morgan fingerprint density at radius 3 is 2.18 bits per heavy atom. The van der Waals surface area contributed by atoms with E-state index in [1.54, 1.807) is 5.19 Å². The highest BCUT2D eigenvalue weighted by Gasteiger charge is 2.23. The van der Waals surface area contributed by atoms with Crippen molar-refractivity contribution in [2.75, 3.05) is 25.1 Å². The van der Waals surface area contributed by atoms with Crippen LogP contribution in [0.1, 0.15) is 24.8 Å². The van der Waals surface area contributed by atoms with Gasteiger partial charge in [-0.15, -0.1) is 0 Å². The molecule has 0 spiro atoms. The van der Waals surface area contributed by atoms with E-state index in [1.165, 1.54) is 18.9 Å². The Kier molecular flexibility index (Phi) is 8.70. The average Bonchev–Trinajstić information content (AvgIpc) is 2.73. The summed E-state index contributed by atoms with van der Waals surface area (Å²) in [4.78, 5) is 0. The number of rotatable bonds is 12. The largest absolute Gasteiger partial charge is 0.394 e. The summed E-state index contributed by atoms with van der Waals surface area (Å²) in [5.41, 5.74) is 7.33. The van der Waals surface area contributed by atoms with Gasteiger partial charge in [-0.25, -0.2) is 0 Å². The van der Waals surface area contributed by atoms with Gasteiger partial charge in [0.1, 0.15) is 0 Å². The molecule has 4 nitrogen and oxygen atoms in total.